The maximum atomic E-state index is 12.2. The smallest absolute Gasteiger partial charge is 0.493 e. The van der Waals surface area contributed by atoms with Crippen molar-refractivity contribution in [2.45, 2.75) is 11.4 Å². The number of anilines is 1. The molecule has 0 unspecified atom stereocenters. The Balaban J connectivity index is 1.54. The van der Waals surface area contributed by atoms with Gasteiger partial charge in [0.15, 0.2) is 11.5 Å². The minimum absolute atomic E-state index is 0.0468. The monoisotopic (exact) mass is 465 g/mol. The molecule has 1 aromatic heterocycles. The van der Waals surface area contributed by atoms with Crippen LogP contribution in [0.3, 0.4) is 0 Å². The van der Waals surface area contributed by atoms with E-state index in [1.165, 1.54) is 23.9 Å². The lowest BCUT2D eigenvalue weighted by Crippen LogP contribution is -2.17. The van der Waals surface area contributed by atoms with E-state index in [1.807, 2.05) is 6.07 Å². The van der Waals surface area contributed by atoms with Crippen molar-refractivity contribution in [1.82, 2.24) is 10.2 Å². The SMILES string of the molecule is COc1ccc(-c2ccc(SCC(=O)Nc3ccc(OC(F)(F)F)cc3)nn2)cc1OC. The van der Waals surface area contributed by atoms with Crippen LogP contribution in [0.1, 0.15) is 0 Å². The lowest BCUT2D eigenvalue weighted by atomic mass is 10.1. The van der Waals surface area contributed by atoms with Crippen LogP contribution in [0.5, 0.6) is 17.2 Å². The molecule has 1 heterocycles. The highest BCUT2D eigenvalue weighted by atomic mass is 32.2. The molecule has 0 atom stereocenters. The van der Waals surface area contributed by atoms with Crippen molar-refractivity contribution < 1.29 is 32.2 Å². The molecule has 0 radical (unpaired) electrons. The van der Waals surface area contributed by atoms with Crippen molar-refractivity contribution in [3.05, 3.63) is 54.6 Å². The standard InChI is InChI=1S/C21H18F3N3O4S/c1-29-17-9-3-13(11-18(17)30-2)16-8-10-20(27-26-16)32-12-19(28)25-14-4-6-15(7-5-14)31-21(22,23)24/h3-11H,12H2,1-2H3,(H,25,28). The topological polar surface area (TPSA) is 82.6 Å². The number of hydrogen-bond donors (Lipinski definition) is 1. The van der Waals surface area contributed by atoms with Crippen molar-refractivity contribution in [1.29, 1.82) is 0 Å². The predicted octanol–water partition coefficient (Wildman–Crippen LogP) is 4.79. The van der Waals surface area contributed by atoms with Crippen LogP contribution >= 0.6 is 11.8 Å². The van der Waals surface area contributed by atoms with Crippen molar-refractivity contribution in [3.63, 3.8) is 0 Å². The molecule has 2 aromatic carbocycles. The molecule has 1 N–H and O–H groups in total. The Bertz CT molecular complexity index is 1060. The Morgan fingerprint density at radius 3 is 2.28 bits per heavy atom. The Hall–Kier alpha value is -3.47. The number of alkyl halides is 3. The molecule has 3 aromatic rings. The Kier molecular flexibility index (Phi) is 7.41. The molecule has 32 heavy (non-hydrogen) atoms. The molecular formula is C21H18F3N3O4S. The zero-order chi connectivity index (χ0) is 23.1. The summed E-state index contributed by atoms with van der Waals surface area (Å²) >= 11 is 1.17. The first kappa shape index (κ1) is 23.2. The van der Waals surface area contributed by atoms with Crippen molar-refractivity contribution in [2.24, 2.45) is 0 Å². The average molecular weight is 465 g/mol. The molecule has 0 aliphatic rings. The molecule has 0 spiro atoms. The van der Waals surface area contributed by atoms with Gasteiger partial charge in [-0.25, -0.2) is 0 Å². The van der Waals surface area contributed by atoms with Gasteiger partial charge in [-0.05, 0) is 54.6 Å². The number of halogens is 3. The predicted molar refractivity (Wildman–Crippen MR) is 113 cm³/mol. The van der Waals surface area contributed by atoms with E-state index >= 15 is 0 Å². The second kappa shape index (κ2) is 10.2. The number of carbonyl (C=O) groups excluding carboxylic acids is 1. The maximum Gasteiger partial charge on any atom is 0.573 e. The number of ether oxygens (including phenoxy) is 3. The normalized spacial score (nSPS) is 11.0. The summed E-state index contributed by atoms with van der Waals surface area (Å²) in [5, 5.41) is 11.4. The van der Waals surface area contributed by atoms with E-state index in [1.54, 1.807) is 38.5 Å². The highest BCUT2D eigenvalue weighted by molar-refractivity contribution is 7.99. The number of benzene rings is 2. The summed E-state index contributed by atoms with van der Waals surface area (Å²) in [6, 6.07) is 13.8. The summed E-state index contributed by atoms with van der Waals surface area (Å²) in [6.45, 7) is 0. The van der Waals surface area contributed by atoms with E-state index in [9.17, 15) is 18.0 Å². The highest BCUT2D eigenvalue weighted by Crippen LogP contribution is 2.31. The third-order valence-electron chi connectivity index (χ3n) is 4.04. The molecular weight excluding hydrogens is 447 g/mol. The lowest BCUT2D eigenvalue weighted by Gasteiger charge is -2.10. The van der Waals surface area contributed by atoms with Gasteiger partial charge >= 0.3 is 6.36 Å². The molecule has 0 aliphatic carbocycles. The summed E-state index contributed by atoms with van der Waals surface area (Å²) in [7, 11) is 3.10. The van der Waals surface area contributed by atoms with Gasteiger partial charge in [0, 0.05) is 11.3 Å². The quantitative estimate of drug-likeness (QED) is 0.479. The van der Waals surface area contributed by atoms with Gasteiger partial charge < -0.3 is 19.5 Å². The van der Waals surface area contributed by atoms with E-state index in [-0.39, 0.29) is 17.4 Å². The number of nitrogens with one attached hydrogen (secondary N) is 1. The number of aromatic nitrogens is 2. The first-order chi connectivity index (χ1) is 15.3. The Labute approximate surface area is 185 Å². The minimum atomic E-state index is -4.77. The van der Waals surface area contributed by atoms with Gasteiger partial charge in [0.05, 0.1) is 25.7 Å². The number of hydrogen-bond acceptors (Lipinski definition) is 7. The number of methoxy groups -OCH3 is 2. The number of amides is 1. The fraction of sp³-hybridized carbons (Fsp3) is 0.190. The van der Waals surface area contributed by atoms with Crippen molar-refractivity contribution >= 4 is 23.4 Å². The first-order valence-electron chi connectivity index (χ1n) is 9.12. The van der Waals surface area contributed by atoms with Crippen molar-refractivity contribution in [2.75, 3.05) is 25.3 Å². The zero-order valence-corrected chi connectivity index (χ0v) is 17.8. The largest absolute Gasteiger partial charge is 0.573 e. The van der Waals surface area contributed by atoms with Gasteiger partial charge in [0.25, 0.3) is 0 Å². The molecule has 0 fully saturated rings. The fourth-order valence-electron chi connectivity index (χ4n) is 2.62. The van der Waals surface area contributed by atoms with Gasteiger partial charge in [0.1, 0.15) is 10.8 Å². The van der Waals surface area contributed by atoms with Crippen LogP contribution < -0.4 is 19.5 Å². The number of thioether (sulfide) groups is 1. The van der Waals surface area contributed by atoms with E-state index in [4.69, 9.17) is 9.47 Å². The van der Waals surface area contributed by atoms with Crippen LogP contribution in [0.25, 0.3) is 11.3 Å². The minimum Gasteiger partial charge on any atom is -0.493 e. The first-order valence-corrected chi connectivity index (χ1v) is 10.1. The summed E-state index contributed by atoms with van der Waals surface area (Å²) < 4.78 is 50.8. The van der Waals surface area contributed by atoms with E-state index in [0.717, 1.165) is 17.7 Å². The number of carbonyl (C=O) groups is 1. The van der Waals surface area contributed by atoms with Crippen LogP contribution in [0, 0.1) is 0 Å². The lowest BCUT2D eigenvalue weighted by molar-refractivity contribution is -0.274. The Morgan fingerprint density at radius 1 is 0.969 bits per heavy atom. The second-order valence-electron chi connectivity index (χ2n) is 6.24. The molecule has 168 valence electrons. The Morgan fingerprint density at radius 2 is 1.69 bits per heavy atom. The van der Waals surface area contributed by atoms with E-state index < -0.39 is 6.36 Å². The van der Waals surface area contributed by atoms with Crippen LogP contribution in [0.15, 0.2) is 59.6 Å². The highest BCUT2D eigenvalue weighted by Gasteiger charge is 2.30. The van der Waals surface area contributed by atoms with Gasteiger partial charge in [0.2, 0.25) is 5.91 Å². The van der Waals surface area contributed by atoms with Crippen LogP contribution in [0.2, 0.25) is 0 Å². The third-order valence-corrected chi connectivity index (χ3v) is 4.96. The molecule has 0 bridgehead atoms. The van der Waals surface area contributed by atoms with Crippen LogP contribution in [-0.4, -0.2) is 42.4 Å². The number of rotatable bonds is 8. The third kappa shape index (κ3) is 6.51. The molecule has 7 nitrogen and oxygen atoms in total. The van der Waals surface area contributed by atoms with Crippen LogP contribution in [-0.2, 0) is 4.79 Å². The van der Waals surface area contributed by atoms with Gasteiger partial charge in [-0.1, -0.05) is 11.8 Å². The molecule has 0 aliphatic heterocycles. The van der Waals surface area contributed by atoms with Gasteiger partial charge in [-0.3, -0.25) is 4.79 Å². The van der Waals surface area contributed by atoms with Crippen molar-refractivity contribution in [3.8, 4) is 28.5 Å². The summed E-state index contributed by atoms with van der Waals surface area (Å²) in [6.07, 6.45) is -4.77. The zero-order valence-electron chi connectivity index (χ0n) is 17.0. The number of nitrogens with zero attached hydrogens (tertiary/aromatic N) is 2. The summed E-state index contributed by atoms with van der Waals surface area (Å²) in [4.78, 5) is 12.1. The summed E-state index contributed by atoms with van der Waals surface area (Å²) in [5.74, 6) is 0.510. The van der Waals surface area contributed by atoms with Crippen LogP contribution in [0.4, 0.5) is 18.9 Å². The van der Waals surface area contributed by atoms with E-state index in [0.29, 0.717) is 27.9 Å². The van der Waals surface area contributed by atoms with Gasteiger partial charge in [-0.2, -0.15) is 0 Å². The fourth-order valence-corrected chi connectivity index (χ4v) is 3.24. The molecule has 0 saturated carbocycles. The molecule has 3 rings (SSSR count). The second-order valence-corrected chi connectivity index (χ2v) is 7.23. The summed E-state index contributed by atoms with van der Waals surface area (Å²) in [5.41, 5.74) is 1.77. The molecule has 11 heteroatoms. The molecule has 1 amide bonds. The van der Waals surface area contributed by atoms with E-state index in [2.05, 4.69) is 20.3 Å². The maximum absolute atomic E-state index is 12.2. The van der Waals surface area contributed by atoms with Gasteiger partial charge in [-0.15, -0.1) is 23.4 Å². The molecule has 0 saturated heterocycles. The average Bonchev–Trinajstić information content (AvgIpc) is 2.78.